The molecule has 0 unspecified atom stereocenters. The summed E-state index contributed by atoms with van der Waals surface area (Å²) in [6.45, 7) is 6.04. The first-order valence-electron chi connectivity index (χ1n) is 19.0. The van der Waals surface area contributed by atoms with Crippen molar-refractivity contribution in [3.05, 3.63) is 95.1 Å². The van der Waals surface area contributed by atoms with Crippen molar-refractivity contribution >= 4 is 35.4 Å². The highest BCUT2D eigenvalue weighted by Crippen LogP contribution is 2.30. The average molecular weight is 769 g/mol. The smallest absolute Gasteiger partial charge is 0.251 e. The van der Waals surface area contributed by atoms with E-state index in [1.807, 2.05) is 0 Å². The van der Waals surface area contributed by atoms with Crippen molar-refractivity contribution in [2.45, 2.75) is 77.0 Å². The number of hydrogen-bond donors (Lipinski definition) is 5. The number of benzene rings is 3. The molecule has 2 aliphatic heterocycles. The summed E-state index contributed by atoms with van der Waals surface area (Å²) in [6, 6.07) is 16.1. The normalized spacial score (nSPS) is 21.3. The fourth-order valence-electron chi connectivity index (χ4n) is 6.55. The topological polar surface area (TPSA) is 198 Å². The minimum absolute atomic E-state index is 0.0468. The van der Waals surface area contributed by atoms with Crippen LogP contribution in [0.15, 0.2) is 72.8 Å². The lowest BCUT2D eigenvalue weighted by molar-refractivity contribution is -0.140. The molecular weight excluding hydrogens is 716 g/mol. The number of primary amides is 1. The van der Waals surface area contributed by atoms with Gasteiger partial charge in [0.05, 0.1) is 19.7 Å². The molecule has 4 atom stereocenters. The van der Waals surface area contributed by atoms with Gasteiger partial charge in [0.1, 0.15) is 36.2 Å². The summed E-state index contributed by atoms with van der Waals surface area (Å²) in [7, 11) is 1.54. The minimum Gasteiger partial charge on any atom is -0.497 e. The van der Waals surface area contributed by atoms with E-state index in [0.717, 1.165) is 12.8 Å². The van der Waals surface area contributed by atoms with E-state index in [-0.39, 0.29) is 60.9 Å². The summed E-state index contributed by atoms with van der Waals surface area (Å²) in [6.07, 6.45) is 2.63. The van der Waals surface area contributed by atoms with Crippen molar-refractivity contribution in [3.8, 4) is 11.5 Å². The number of nitrogens with zero attached hydrogens (tertiary/aromatic N) is 1. The fraction of sp³-hybridized carbons (Fsp3) is 0.429. The molecule has 1 fully saturated rings. The monoisotopic (exact) mass is 768 g/mol. The number of carbonyl (C=O) groups is 6. The maximum absolute atomic E-state index is 14.2. The Bertz CT molecular complexity index is 1860. The van der Waals surface area contributed by atoms with Gasteiger partial charge in [-0.15, -0.1) is 0 Å². The van der Waals surface area contributed by atoms with Gasteiger partial charge in [-0.05, 0) is 97.7 Å². The zero-order valence-corrected chi connectivity index (χ0v) is 32.3. The quantitative estimate of drug-likeness (QED) is 0.194. The second-order valence-corrected chi connectivity index (χ2v) is 15.0. The highest BCUT2D eigenvalue weighted by Gasteiger charge is 2.34. The van der Waals surface area contributed by atoms with E-state index in [1.165, 1.54) is 36.3 Å². The van der Waals surface area contributed by atoms with Gasteiger partial charge >= 0.3 is 0 Å². The molecular formula is C42H52N6O8. The van der Waals surface area contributed by atoms with Gasteiger partial charge in [-0.2, -0.15) is 0 Å². The number of fused-ring (bicyclic) bond motifs is 17. The second kappa shape index (κ2) is 19.1. The summed E-state index contributed by atoms with van der Waals surface area (Å²) >= 11 is 0. The van der Waals surface area contributed by atoms with Crippen LogP contribution in [0.3, 0.4) is 0 Å². The third kappa shape index (κ3) is 12.0. The van der Waals surface area contributed by atoms with E-state index in [2.05, 4.69) is 35.1 Å². The number of rotatable bonds is 10. The largest absolute Gasteiger partial charge is 0.497 e. The summed E-state index contributed by atoms with van der Waals surface area (Å²) in [5.74, 6) is -1.56. The van der Waals surface area contributed by atoms with Crippen LogP contribution in [0.2, 0.25) is 0 Å². The molecule has 3 aromatic rings. The summed E-state index contributed by atoms with van der Waals surface area (Å²) in [5, 5.41) is 11.5. The molecule has 6 rings (SSSR count). The Labute approximate surface area is 327 Å². The van der Waals surface area contributed by atoms with Gasteiger partial charge in [0, 0.05) is 30.5 Å². The molecule has 0 radical (unpaired) electrons. The fourth-order valence-corrected chi connectivity index (χ4v) is 6.55. The lowest BCUT2D eigenvalue weighted by atomic mass is 10.0. The Morgan fingerprint density at radius 1 is 0.893 bits per heavy atom. The summed E-state index contributed by atoms with van der Waals surface area (Å²) < 4.78 is 11.4. The second-order valence-electron chi connectivity index (χ2n) is 15.0. The van der Waals surface area contributed by atoms with Crippen LogP contribution in [0.4, 0.5) is 0 Å². The van der Waals surface area contributed by atoms with Crippen molar-refractivity contribution in [2.24, 2.45) is 17.6 Å². The average Bonchev–Trinajstić information content (AvgIpc) is 4.00. The molecule has 0 aromatic heterocycles. The zero-order chi connectivity index (χ0) is 40.4. The van der Waals surface area contributed by atoms with Gasteiger partial charge in [0.2, 0.25) is 29.5 Å². The maximum atomic E-state index is 14.2. The number of ether oxygens (including phenoxy) is 2. The highest BCUT2D eigenvalue weighted by atomic mass is 16.5. The van der Waals surface area contributed by atoms with Crippen LogP contribution in [0.25, 0.3) is 0 Å². The van der Waals surface area contributed by atoms with Gasteiger partial charge in [0.15, 0.2) is 0 Å². The third-order valence-corrected chi connectivity index (χ3v) is 9.77. The van der Waals surface area contributed by atoms with E-state index in [9.17, 15) is 28.8 Å². The number of hydrogen-bond acceptors (Lipinski definition) is 8. The molecule has 6 amide bonds. The van der Waals surface area contributed by atoms with E-state index in [0.29, 0.717) is 35.6 Å². The molecule has 298 valence electrons. The van der Waals surface area contributed by atoms with Crippen LogP contribution in [-0.4, -0.2) is 91.3 Å². The molecule has 6 N–H and O–H groups in total. The molecule has 3 aliphatic rings. The van der Waals surface area contributed by atoms with Crippen LogP contribution in [0, 0.1) is 11.8 Å². The Morgan fingerprint density at radius 3 is 2.16 bits per heavy atom. The van der Waals surface area contributed by atoms with E-state index in [1.54, 1.807) is 55.5 Å². The maximum Gasteiger partial charge on any atom is 0.251 e. The van der Waals surface area contributed by atoms with Gasteiger partial charge < -0.3 is 41.4 Å². The zero-order valence-electron chi connectivity index (χ0n) is 32.3. The van der Waals surface area contributed by atoms with Crippen molar-refractivity contribution in [1.29, 1.82) is 0 Å². The number of nitrogens with one attached hydrogen (secondary N) is 4. The van der Waals surface area contributed by atoms with Crippen molar-refractivity contribution in [3.63, 3.8) is 0 Å². The number of methoxy groups -OCH3 is 1. The van der Waals surface area contributed by atoms with Crippen LogP contribution in [0.1, 0.15) is 71.9 Å². The van der Waals surface area contributed by atoms with Gasteiger partial charge in [-0.3, -0.25) is 28.8 Å². The summed E-state index contributed by atoms with van der Waals surface area (Å²) in [5.41, 5.74) is 7.17. The van der Waals surface area contributed by atoms with Crippen LogP contribution in [-0.2, 0) is 32.0 Å². The van der Waals surface area contributed by atoms with E-state index >= 15 is 0 Å². The number of carbonyl (C=O) groups excluding carboxylic acids is 6. The Balaban J connectivity index is 1.48. The predicted octanol–water partition coefficient (Wildman–Crippen LogP) is 2.53. The molecule has 3 aromatic carbocycles. The first kappa shape index (κ1) is 41.2. The van der Waals surface area contributed by atoms with Gasteiger partial charge in [-0.25, -0.2) is 0 Å². The lowest BCUT2D eigenvalue weighted by Gasteiger charge is -2.29. The molecule has 0 spiro atoms. The minimum atomic E-state index is -1.17. The molecule has 0 saturated heterocycles. The number of nitrogens with two attached hydrogens (primary N) is 1. The number of amides is 6. The van der Waals surface area contributed by atoms with Crippen LogP contribution < -0.4 is 36.5 Å². The molecule has 14 nitrogen and oxygen atoms in total. The van der Waals surface area contributed by atoms with Gasteiger partial charge in [-0.1, -0.05) is 38.1 Å². The summed E-state index contributed by atoms with van der Waals surface area (Å²) in [4.78, 5) is 82.2. The van der Waals surface area contributed by atoms with Gasteiger partial charge in [0.25, 0.3) is 5.91 Å². The molecule has 1 saturated carbocycles. The highest BCUT2D eigenvalue weighted by molar-refractivity contribution is 6.00. The lowest BCUT2D eigenvalue weighted by Crippen LogP contribution is -2.58. The molecule has 2 bridgehead atoms. The first-order valence-corrected chi connectivity index (χ1v) is 19.0. The molecule has 56 heavy (non-hydrogen) atoms. The van der Waals surface area contributed by atoms with E-state index in [4.69, 9.17) is 15.2 Å². The Hall–Kier alpha value is -5.92. The molecule has 2 heterocycles. The Morgan fingerprint density at radius 2 is 1.55 bits per heavy atom. The van der Waals surface area contributed by atoms with Crippen LogP contribution in [0.5, 0.6) is 11.5 Å². The first-order chi connectivity index (χ1) is 26.8. The Kier molecular flexibility index (Phi) is 14.1. The van der Waals surface area contributed by atoms with Crippen molar-refractivity contribution < 1.29 is 38.2 Å². The van der Waals surface area contributed by atoms with Crippen molar-refractivity contribution in [1.82, 2.24) is 26.2 Å². The van der Waals surface area contributed by atoms with Crippen LogP contribution >= 0.6 is 0 Å². The van der Waals surface area contributed by atoms with E-state index < -0.39 is 47.7 Å². The predicted molar refractivity (Wildman–Crippen MR) is 209 cm³/mol. The molecule has 1 aliphatic carbocycles. The standard InChI is InChI=1S/C42H52N6O8/c1-25(2)19-32-24-56-34-17-9-28(10-18-34)21-36(46-39(51)31-13-11-30(12-14-31)38(43)50)41(53)47-35(20-27-7-15-33(55-4)16-8-27)40(52)44-26(3)42(54)48(22-29-5-6-29)23-37(49)45-32/h7-18,25-26,29,32,35-36H,5-6,19-24H2,1-4H3,(H2,43,50)(H,44,52)(H,45,49)(H,46,51)(H,47,53)/t26-,32+,35+,36+/m1/s1. The third-order valence-electron chi connectivity index (χ3n) is 9.77. The SMILES string of the molecule is COc1ccc(C[C@@H]2NC(=O)[C@@H](NC(=O)c3ccc(C(N)=O)cc3)Cc3ccc(cc3)OC[C@H](CC(C)C)NC(=O)CN(CC3CC3)C(=O)[C@@H](C)NC2=O)cc1. The van der Waals surface area contributed by atoms with Crippen molar-refractivity contribution in [2.75, 3.05) is 26.8 Å². The molecule has 14 heteroatoms.